The zero-order valence-corrected chi connectivity index (χ0v) is 10.7. The quantitative estimate of drug-likeness (QED) is 0.352. The molecule has 0 aliphatic rings. The maximum absolute atomic E-state index is 9.58. The molecular weight excluding hydrogens is 228 g/mol. The lowest BCUT2D eigenvalue weighted by Gasteiger charge is -2.12. The number of rotatable bonds is 7. The van der Waals surface area contributed by atoms with E-state index in [4.69, 9.17) is 11.1 Å². The summed E-state index contributed by atoms with van der Waals surface area (Å²) in [6.45, 7) is 3.61. The summed E-state index contributed by atoms with van der Waals surface area (Å²) < 4.78 is 0. The molecule has 0 aliphatic heterocycles. The SMILES string of the molecule is CCc1ccc(CNCC(O)CNC(=N)N)cc1. The normalized spacial score (nSPS) is 12.1. The van der Waals surface area contributed by atoms with Crippen LogP contribution in [-0.2, 0) is 13.0 Å². The molecule has 1 atom stereocenters. The van der Waals surface area contributed by atoms with Crippen molar-refractivity contribution in [2.24, 2.45) is 5.73 Å². The van der Waals surface area contributed by atoms with Gasteiger partial charge in [0, 0.05) is 19.6 Å². The number of aryl methyl sites for hydroxylation is 1. The number of benzene rings is 1. The second kappa shape index (κ2) is 7.68. The van der Waals surface area contributed by atoms with Crippen molar-refractivity contribution < 1.29 is 5.11 Å². The Labute approximate surface area is 108 Å². The minimum atomic E-state index is -0.552. The third-order valence-corrected chi connectivity index (χ3v) is 2.67. The van der Waals surface area contributed by atoms with Crippen molar-refractivity contribution >= 4 is 5.96 Å². The van der Waals surface area contributed by atoms with Crippen molar-refractivity contribution in [1.82, 2.24) is 10.6 Å². The highest BCUT2D eigenvalue weighted by molar-refractivity contribution is 5.74. The molecule has 0 heterocycles. The minimum Gasteiger partial charge on any atom is -0.390 e. The third-order valence-electron chi connectivity index (χ3n) is 2.67. The highest BCUT2D eigenvalue weighted by atomic mass is 16.3. The molecule has 0 bridgehead atoms. The lowest BCUT2D eigenvalue weighted by atomic mass is 10.1. The van der Waals surface area contributed by atoms with Gasteiger partial charge >= 0.3 is 0 Å². The van der Waals surface area contributed by atoms with Crippen LogP contribution >= 0.6 is 0 Å². The van der Waals surface area contributed by atoms with Crippen LogP contribution in [0.15, 0.2) is 24.3 Å². The van der Waals surface area contributed by atoms with Crippen LogP contribution in [0.2, 0.25) is 0 Å². The Morgan fingerprint density at radius 3 is 2.44 bits per heavy atom. The van der Waals surface area contributed by atoms with E-state index in [1.807, 2.05) is 0 Å². The molecule has 0 saturated carbocycles. The van der Waals surface area contributed by atoms with Gasteiger partial charge in [0.1, 0.15) is 0 Å². The van der Waals surface area contributed by atoms with Crippen LogP contribution in [-0.4, -0.2) is 30.3 Å². The van der Waals surface area contributed by atoms with Crippen LogP contribution < -0.4 is 16.4 Å². The van der Waals surface area contributed by atoms with E-state index in [2.05, 4.69) is 41.8 Å². The van der Waals surface area contributed by atoms with Gasteiger partial charge in [-0.05, 0) is 17.5 Å². The Kier molecular flexibility index (Phi) is 6.18. The number of nitrogens with two attached hydrogens (primary N) is 1. The predicted octanol–water partition coefficient (Wildman–Crippen LogP) is 0.183. The maximum atomic E-state index is 9.58. The van der Waals surface area contributed by atoms with E-state index in [-0.39, 0.29) is 12.5 Å². The molecule has 100 valence electrons. The lowest BCUT2D eigenvalue weighted by molar-refractivity contribution is 0.174. The fourth-order valence-corrected chi connectivity index (χ4v) is 1.58. The fourth-order valence-electron chi connectivity index (χ4n) is 1.58. The van der Waals surface area contributed by atoms with E-state index in [0.717, 1.165) is 13.0 Å². The van der Waals surface area contributed by atoms with Crippen molar-refractivity contribution in [2.75, 3.05) is 13.1 Å². The molecule has 18 heavy (non-hydrogen) atoms. The summed E-state index contributed by atoms with van der Waals surface area (Å²) >= 11 is 0. The summed E-state index contributed by atoms with van der Waals surface area (Å²) in [4.78, 5) is 0. The fraction of sp³-hybridized carbons (Fsp3) is 0.462. The second-order valence-corrected chi connectivity index (χ2v) is 4.25. The van der Waals surface area contributed by atoms with Crippen LogP contribution in [0.4, 0.5) is 0 Å². The van der Waals surface area contributed by atoms with Gasteiger partial charge in [-0.1, -0.05) is 31.2 Å². The predicted molar refractivity (Wildman–Crippen MR) is 73.5 cm³/mol. The average molecular weight is 250 g/mol. The standard InChI is InChI=1S/C13H22N4O/c1-2-10-3-5-11(6-4-10)7-16-8-12(18)9-17-13(14)15/h3-6,12,16,18H,2,7-9H2,1H3,(H4,14,15,17). The van der Waals surface area contributed by atoms with Gasteiger partial charge in [-0.25, -0.2) is 0 Å². The Bertz CT molecular complexity index is 364. The van der Waals surface area contributed by atoms with Gasteiger partial charge in [-0.15, -0.1) is 0 Å². The average Bonchev–Trinajstić information content (AvgIpc) is 2.37. The molecule has 1 rings (SSSR count). The number of guanidine groups is 1. The topological polar surface area (TPSA) is 94.2 Å². The Hall–Kier alpha value is -1.59. The van der Waals surface area contributed by atoms with Crippen LogP contribution in [0.5, 0.6) is 0 Å². The maximum Gasteiger partial charge on any atom is 0.185 e. The minimum absolute atomic E-state index is 0.121. The zero-order valence-electron chi connectivity index (χ0n) is 10.7. The molecule has 1 aromatic rings. The molecule has 5 heteroatoms. The van der Waals surface area contributed by atoms with E-state index < -0.39 is 6.10 Å². The summed E-state index contributed by atoms with van der Waals surface area (Å²) in [7, 11) is 0. The second-order valence-electron chi connectivity index (χ2n) is 4.25. The van der Waals surface area contributed by atoms with E-state index in [1.165, 1.54) is 11.1 Å². The molecule has 0 aliphatic carbocycles. The smallest absolute Gasteiger partial charge is 0.185 e. The number of nitrogens with one attached hydrogen (secondary N) is 3. The van der Waals surface area contributed by atoms with Crippen molar-refractivity contribution in [3.63, 3.8) is 0 Å². The summed E-state index contributed by atoms with van der Waals surface area (Å²) in [5, 5.41) is 22.3. The molecule has 5 nitrogen and oxygen atoms in total. The van der Waals surface area contributed by atoms with Crippen molar-refractivity contribution in [2.45, 2.75) is 26.0 Å². The van der Waals surface area contributed by atoms with E-state index in [0.29, 0.717) is 6.54 Å². The molecule has 0 amide bonds. The molecule has 6 N–H and O–H groups in total. The molecule has 1 aromatic carbocycles. The summed E-state index contributed by atoms with van der Waals surface area (Å²) in [6, 6.07) is 8.41. The van der Waals surface area contributed by atoms with Crippen LogP contribution in [0.1, 0.15) is 18.1 Å². The van der Waals surface area contributed by atoms with Gasteiger partial charge in [0.25, 0.3) is 0 Å². The number of aliphatic hydroxyl groups excluding tert-OH is 1. The zero-order chi connectivity index (χ0) is 13.4. The first-order valence-electron chi connectivity index (χ1n) is 6.16. The lowest BCUT2D eigenvalue weighted by Crippen LogP contribution is -2.40. The monoisotopic (exact) mass is 250 g/mol. The van der Waals surface area contributed by atoms with Gasteiger partial charge in [0.05, 0.1) is 6.10 Å². The molecule has 0 saturated heterocycles. The molecular formula is C13H22N4O. The Morgan fingerprint density at radius 1 is 1.28 bits per heavy atom. The van der Waals surface area contributed by atoms with Crippen LogP contribution in [0.3, 0.4) is 0 Å². The first kappa shape index (κ1) is 14.5. The first-order chi connectivity index (χ1) is 8.61. The van der Waals surface area contributed by atoms with E-state index >= 15 is 0 Å². The highest BCUT2D eigenvalue weighted by Crippen LogP contribution is 2.04. The highest BCUT2D eigenvalue weighted by Gasteiger charge is 2.03. The van der Waals surface area contributed by atoms with E-state index in [1.54, 1.807) is 0 Å². The van der Waals surface area contributed by atoms with E-state index in [9.17, 15) is 5.11 Å². The van der Waals surface area contributed by atoms with Gasteiger partial charge in [-0.2, -0.15) is 0 Å². The van der Waals surface area contributed by atoms with Crippen molar-refractivity contribution in [3.05, 3.63) is 35.4 Å². The van der Waals surface area contributed by atoms with Gasteiger partial charge in [0.2, 0.25) is 0 Å². The van der Waals surface area contributed by atoms with Crippen LogP contribution in [0.25, 0.3) is 0 Å². The van der Waals surface area contributed by atoms with Crippen molar-refractivity contribution in [3.8, 4) is 0 Å². The van der Waals surface area contributed by atoms with Gasteiger partial charge in [-0.3, -0.25) is 5.41 Å². The van der Waals surface area contributed by atoms with Crippen molar-refractivity contribution in [1.29, 1.82) is 5.41 Å². The number of aliphatic hydroxyl groups is 1. The van der Waals surface area contributed by atoms with Crippen LogP contribution in [0, 0.1) is 5.41 Å². The number of hydrogen-bond acceptors (Lipinski definition) is 3. The molecule has 0 aromatic heterocycles. The molecule has 0 fully saturated rings. The first-order valence-corrected chi connectivity index (χ1v) is 6.16. The summed E-state index contributed by atoms with van der Waals surface area (Å²) in [6.07, 6.45) is 0.493. The Morgan fingerprint density at radius 2 is 1.89 bits per heavy atom. The summed E-state index contributed by atoms with van der Waals surface area (Å²) in [5.74, 6) is -0.121. The largest absolute Gasteiger partial charge is 0.390 e. The van der Waals surface area contributed by atoms with Gasteiger partial charge < -0.3 is 21.5 Å². The summed E-state index contributed by atoms with van der Waals surface area (Å²) in [5.41, 5.74) is 7.65. The molecule has 1 unspecified atom stereocenters. The molecule has 0 spiro atoms. The molecule has 0 radical (unpaired) electrons. The van der Waals surface area contributed by atoms with Gasteiger partial charge in [0.15, 0.2) is 5.96 Å². The third kappa shape index (κ3) is 5.65. The number of hydrogen-bond donors (Lipinski definition) is 5. The Balaban J connectivity index is 2.22.